The molecule has 1 rings (SSSR count). The molecule has 114 valence electrons. The van der Waals surface area contributed by atoms with Gasteiger partial charge in [0, 0.05) is 0 Å². The third kappa shape index (κ3) is 7.62. The van der Waals surface area contributed by atoms with E-state index in [-0.39, 0.29) is 0 Å². The minimum absolute atomic E-state index is 0.688. The van der Waals surface area contributed by atoms with Gasteiger partial charge in [0.2, 0.25) is 0 Å². The summed E-state index contributed by atoms with van der Waals surface area (Å²) in [5.74, 6) is 1.58. The van der Waals surface area contributed by atoms with Gasteiger partial charge in [0.05, 0.1) is 11.9 Å². The summed E-state index contributed by atoms with van der Waals surface area (Å²) >= 11 is 0. The lowest BCUT2D eigenvalue weighted by Crippen LogP contribution is -2.00. The van der Waals surface area contributed by atoms with Crippen LogP contribution in [0.4, 0.5) is 0 Å². The summed E-state index contributed by atoms with van der Waals surface area (Å²) in [5.41, 5.74) is 2.51. The largest absolute Gasteiger partial charge is 0.159 e. The van der Waals surface area contributed by atoms with Gasteiger partial charge in [-0.1, -0.05) is 59.8 Å². The summed E-state index contributed by atoms with van der Waals surface area (Å²) in [4.78, 5) is 0. The van der Waals surface area contributed by atoms with Crippen LogP contribution in [-0.4, -0.2) is 10.2 Å². The molecule has 0 saturated heterocycles. The highest BCUT2D eigenvalue weighted by Crippen LogP contribution is 2.14. The second-order valence-electron chi connectivity index (χ2n) is 6.62. The smallest absolute Gasteiger partial charge is 0.0633 e. The maximum absolute atomic E-state index is 4.26. The highest BCUT2D eigenvalue weighted by Gasteiger charge is 2.02. The van der Waals surface area contributed by atoms with E-state index in [0.29, 0.717) is 5.92 Å². The maximum Gasteiger partial charge on any atom is 0.0633 e. The number of rotatable bonds is 10. The van der Waals surface area contributed by atoms with Crippen molar-refractivity contribution in [2.45, 2.75) is 79.1 Å². The lowest BCUT2D eigenvalue weighted by Gasteiger charge is -2.08. The second-order valence-corrected chi connectivity index (χ2v) is 6.62. The summed E-state index contributed by atoms with van der Waals surface area (Å²) < 4.78 is 0. The molecule has 1 unspecified atom stereocenters. The first-order valence-electron chi connectivity index (χ1n) is 8.42. The topological polar surface area (TPSA) is 25.8 Å². The number of hydrogen-bond donors (Lipinski definition) is 0. The molecule has 0 saturated carbocycles. The van der Waals surface area contributed by atoms with Gasteiger partial charge in [0.15, 0.2) is 0 Å². The minimum atomic E-state index is 0.688. The second kappa shape index (κ2) is 9.90. The van der Waals surface area contributed by atoms with Crippen LogP contribution in [0.3, 0.4) is 0 Å². The first-order valence-corrected chi connectivity index (χ1v) is 8.42. The number of aromatic nitrogens is 2. The molecule has 1 heterocycles. The van der Waals surface area contributed by atoms with E-state index < -0.39 is 0 Å². The van der Waals surface area contributed by atoms with Crippen LogP contribution in [-0.2, 0) is 12.8 Å². The van der Waals surface area contributed by atoms with Crippen LogP contribution in [0.2, 0.25) is 0 Å². The molecule has 2 nitrogen and oxygen atoms in total. The van der Waals surface area contributed by atoms with Crippen LogP contribution < -0.4 is 0 Å². The zero-order chi connectivity index (χ0) is 14.8. The van der Waals surface area contributed by atoms with E-state index in [1.807, 2.05) is 6.20 Å². The van der Waals surface area contributed by atoms with Crippen LogP contribution in [0.1, 0.15) is 77.5 Å². The lowest BCUT2D eigenvalue weighted by molar-refractivity contribution is 0.474. The Balaban J connectivity index is 2.18. The molecule has 0 aliphatic carbocycles. The molecule has 0 aromatic carbocycles. The predicted octanol–water partition coefficient (Wildman–Crippen LogP) is 5.21. The standard InChI is InChI=1S/C18H32N2/c1-5-16(4)10-8-6-7-9-11-18-13-17(12-15(2)3)14-19-20-18/h13-16H,5-12H2,1-4H3. The molecule has 0 radical (unpaired) electrons. The van der Waals surface area contributed by atoms with Crippen LogP contribution in [0, 0.1) is 11.8 Å². The van der Waals surface area contributed by atoms with Crippen molar-refractivity contribution in [1.82, 2.24) is 10.2 Å². The molecule has 0 bridgehead atoms. The van der Waals surface area contributed by atoms with Crippen molar-refractivity contribution in [1.29, 1.82) is 0 Å². The number of aryl methyl sites for hydroxylation is 1. The van der Waals surface area contributed by atoms with Gasteiger partial charge in [-0.05, 0) is 42.7 Å². The van der Waals surface area contributed by atoms with Gasteiger partial charge in [0.1, 0.15) is 0 Å². The molecule has 0 amide bonds. The van der Waals surface area contributed by atoms with E-state index in [4.69, 9.17) is 0 Å². The quantitative estimate of drug-likeness (QED) is 0.548. The first kappa shape index (κ1) is 17.1. The lowest BCUT2D eigenvalue weighted by atomic mass is 9.99. The van der Waals surface area contributed by atoms with Gasteiger partial charge >= 0.3 is 0 Å². The van der Waals surface area contributed by atoms with Gasteiger partial charge < -0.3 is 0 Å². The fraction of sp³-hybridized carbons (Fsp3) is 0.778. The fourth-order valence-electron chi connectivity index (χ4n) is 2.52. The van der Waals surface area contributed by atoms with E-state index in [2.05, 4.69) is 44.0 Å². The molecule has 20 heavy (non-hydrogen) atoms. The summed E-state index contributed by atoms with van der Waals surface area (Å²) in [7, 11) is 0. The highest BCUT2D eigenvalue weighted by atomic mass is 15.1. The van der Waals surface area contributed by atoms with Crippen molar-refractivity contribution in [2.24, 2.45) is 11.8 Å². The normalized spacial score (nSPS) is 12.8. The Morgan fingerprint density at radius 3 is 2.50 bits per heavy atom. The third-order valence-corrected chi connectivity index (χ3v) is 3.98. The zero-order valence-electron chi connectivity index (χ0n) is 13.9. The van der Waals surface area contributed by atoms with Crippen molar-refractivity contribution >= 4 is 0 Å². The van der Waals surface area contributed by atoms with Gasteiger partial charge in [-0.25, -0.2) is 0 Å². The van der Waals surface area contributed by atoms with Gasteiger partial charge in [0.25, 0.3) is 0 Å². The average molecular weight is 276 g/mol. The summed E-state index contributed by atoms with van der Waals surface area (Å²) in [6.07, 6.45) is 12.1. The van der Waals surface area contributed by atoms with Crippen LogP contribution >= 0.6 is 0 Å². The predicted molar refractivity (Wildman–Crippen MR) is 86.8 cm³/mol. The van der Waals surface area contributed by atoms with Gasteiger partial charge in [-0.3, -0.25) is 0 Å². The Morgan fingerprint density at radius 1 is 1.05 bits per heavy atom. The van der Waals surface area contributed by atoms with E-state index in [1.165, 1.54) is 49.8 Å². The van der Waals surface area contributed by atoms with Crippen molar-refractivity contribution in [2.75, 3.05) is 0 Å². The average Bonchev–Trinajstić information content (AvgIpc) is 2.42. The summed E-state index contributed by atoms with van der Waals surface area (Å²) in [6.45, 7) is 9.14. The molecule has 0 fully saturated rings. The van der Waals surface area contributed by atoms with Crippen molar-refractivity contribution in [3.8, 4) is 0 Å². The van der Waals surface area contributed by atoms with E-state index in [1.54, 1.807) is 0 Å². The monoisotopic (exact) mass is 276 g/mol. The Labute approximate surface area is 125 Å². The maximum atomic E-state index is 4.26. The molecule has 1 aromatic rings. The third-order valence-electron chi connectivity index (χ3n) is 3.98. The van der Waals surface area contributed by atoms with E-state index in [9.17, 15) is 0 Å². The number of hydrogen-bond acceptors (Lipinski definition) is 2. The number of nitrogens with zero attached hydrogens (tertiary/aromatic N) is 2. The Hall–Kier alpha value is -0.920. The molecule has 1 aromatic heterocycles. The van der Waals surface area contributed by atoms with Crippen LogP contribution in [0.5, 0.6) is 0 Å². The van der Waals surface area contributed by atoms with E-state index in [0.717, 1.165) is 18.8 Å². The molecular formula is C18H32N2. The van der Waals surface area contributed by atoms with Crippen LogP contribution in [0.15, 0.2) is 12.3 Å². The Kier molecular flexibility index (Phi) is 8.48. The highest BCUT2D eigenvalue weighted by molar-refractivity contribution is 5.13. The SMILES string of the molecule is CCC(C)CCCCCCc1cc(CC(C)C)cnn1. The fourth-order valence-corrected chi connectivity index (χ4v) is 2.52. The number of unbranched alkanes of at least 4 members (excludes halogenated alkanes) is 3. The minimum Gasteiger partial charge on any atom is -0.159 e. The molecule has 0 spiro atoms. The van der Waals surface area contributed by atoms with E-state index >= 15 is 0 Å². The Bertz CT molecular complexity index is 360. The first-order chi connectivity index (χ1) is 9.61. The molecule has 0 N–H and O–H groups in total. The van der Waals surface area contributed by atoms with Crippen LogP contribution in [0.25, 0.3) is 0 Å². The molecule has 0 aliphatic rings. The molecule has 2 heteroatoms. The zero-order valence-corrected chi connectivity index (χ0v) is 13.9. The summed E-state index contributed by atoms with van der Waals surface area (Å²) in [5, 5.41) is 8.39. The molecular weight excluding hydrogens is 244 g/mol. The molecule has 0 aliphatic heterocycles. The van der Waals surface area contributed by atoms with Crippen molar-refractivity contribution in [3.05, 3.63) is 23.5 Å². The van der Waals surface area contributed by atoms with Gasteiger partial charge in [-0.2, -0.15) is 10.2 Å². The van der Waals surface area contributed by atoms with Crippen molar-refractivity contribution in [3.63, 3.8) is 0 Å². The van der Waals surface area contributed by atoms with Crippen molar-refractivity contribution < 1.29 is 0 Å². The Morgan fingerprint density at radius 2 is 1.80 bits per heavy atom. The molecule has 1 atom stereocenters. The summed E-state index contributed by atoms with van der Waals surface area (Å²) in [6, 6.07) is 2.24. The van der Waals surface area contributed by atoms with Gasteiger partial charge in [-0.15, -0.1) is 0 Å².